The molecule has 0 aromatic heterocycles. The van der Waals surface area contributed by atoms with Gasteiger partial charge in [-0.05, 0) is 20.3 Å². The van der Waals surface area contributed by atoms with Crippen molar-refractivity contribution in [2.45, 2.75) is 39.3 Å². The second kappa shape index (κ2) is 6.37. The van der Waals surface area contributed by atoms with Crippen molar-refractivity contribution >= 4 is 11.9 Å². The molecule has 0 saturated heterocycles. The van der Waals surface area contributed by atoms with Crippen molar-refractivity contribution < 1.29 is 19.4 Å². The molecule has 0 bridgehead atoms. The Morgan fingerprint density at radius 2 is 2.00 bits per heavy atom. The normalized spacial score (nSPS) is 14.5. The van der Waals surface area contributed by atoms with E-state index in [1.165, 1.54) is 6.92 Å². The van der Waals surface area contributed by atoms with Crippen molar-refractivity contribution in [2.75, 3.05) is 6.61 Å². The van der Waals surface area contributed by atoms with Crippen molar-refractivity contribution in [3.63, 3.8) is 0 Å². The maximum atomic E-state index is 11.4. The summed E-state index contributed by atoms with van der Waals surface area (Å²) in [5.74, 6) is -1.42. The first kappa shape index (κ1) is 12.9. The molecule has 0 aliphatic carbocycles. The summed E-state index contributed by atoms with van der Waals surface area (Å²) < 4.78 is 5.13. The number of carbonyl (C=O) groups excluding carboxylic acids is 1. The molecule has 1 amide bonds. The topological polar surface area (TPSA) is 75.6 Å². The third-order valence-corrected chi connectivity index (χ3v) is 1.76. The molecule has 2 atom stereocenters. The van der Waals surface area contributed by atoms with E-state index in [2.05, 4.69) is 5.32 Å². The zero-order valence-electron chi connectivity index (χ0n) is 8.74. The molecule has 0 aromatic carbocycles. The molecule has 0 heterocycles. The van der Waals surface area contributed by atoms with Gasteiger partial charge in [-0.25, -0.2) is 0 Å². The summed E-state index contributed by atoms with van der Waals surface area (Å²) in [6.45, 7) is 5.45. The van der Waals surface area contributed by atoms with Gasteiger partial charge >= 0.3 is 5.97 Å². The Kier molecular flexibility index (Phi) is 5.87. The van der Waals surface area contributed by atoms with Crippen LogP contribution in [0.5, 0.6) is 0 Å². The number of carbonyl (C=O) groups is 2. The lowest BCUT2D eigenvalue weighted by Gasteiger charge is -2.16. The summed E-state index contributed by atoms with van der Waals surface area (Å²) in [5, 5.41) is 10.9. The van der Waals surface area contributed by atoms with E-state index in [1.54, 1.807) is 6.92 Å². The number of carboxylic acids is 1. The summed E-state index contributed by atoms with van der Waals surface area (Å²) in [6, 6.07) is -0.878. The second-order valence-corrected chi connectivity index (χ2v) is 2.92. The first-order valence-electron chi connectivity index (χ1n) is 4.67. The van der Waals surface area contributed by atoms with Crippen LogP contribution in [0, 0.1) is 0 Å². The Labute approximate surface area is 83.4 Å². The van der Waals surface area contributed by atoms with Crippen LogP contribution in [-0.4, -0.2) is 35.7 Å². The number of rotatable bonds is 6. The fourth-order valence-corrected chi connectivity index (χ4v) is 0.948. The Balaban J connectivity index is 4.09. The molecule has 0 aromatic rings. The molecule has 0 aliphatic heterocycles. The highest BCUT2D eigenvalue weighted by Crippen LogP contribution is 1.98. The van der Waals surface area contributed by atoms with Crippen LogP contribution in [0.3, 0.4) is 0 Å². The molecule has 0 saturated carbocycles. The van der Waals surface area contributed by atoms with Gasteiger partial charge in [-0.1, -0.05) is 6.92 Å². The number of carboxylic acid groups (broad SMARTS) is 1. The van der Waals surface area contributed by atoms with E-state index in [1.807, 2.05) is 6.92 Å². The number of amides is 1. The highest BCUT2D eigenvalue weighted by molar-refractivity contribution is 5.85. The summed E-state index contributed by atoms with van der Waals surface area (Å²) in [4.78, 5) is 21.8. The third kappa shape index (κ3) is 4.23. The van der Waals surface area contributed by atoms with Gasteiger partial charge < -0.3 is 15.2 Å². The van der Waals surface area contributed by atoms with Gasteiger partial charge in [0.1, 0.15) is 12.1 Å². The molecular weight excluding hydrogens is 186 g/mol. The smallest absolute Gasteiger partial charge is 0.325 e. The summed E-state index contributed by atoms with van der Waals surface area (Å²) in [6.07, 6.45) is -0.0201. The van der Waals surface area contributed by atoms with E-state index >= 15 is 0 Å². The van der Waals surface area contributed by atoms with Crippen LogP contribution in [0.4, 0.5) is 0 Å². The van der Waals surface area contributed by atoms with Crippen molar-refractivity contribution in [3.8, 4) is 0 Å². The highest BCUT2D eigenvalue weighted by atomic mass is 16.5. The number of aliphatic carboxylic acids is 1. The SMILES string of the molecule is CCOC(CC)C(=O)N[C@@H](C)C(=O)O. The van der Waals surface area contributed by atoms with Gasteiger partial charge in [0.25, 0.3) is 0 Å². The van der Waals surface area contributed by atoms with E-state index < -0.39 is 18.1 Å². The van der Waals surface area contributed by atoms with Gasteiger partial charge in [0.05, 0.1) is 0 Å². The van der Waals surface area contributed by atoms with Crippen molar-refractivity contribution in [1.82, 2.24) is 5.32 Å². The predicted octanol–water partition coefficient (Wildman–Crippen LogP) is 0.391. The molecule has 5 nitrogen and oxygen atoms in total. The van der Waals surface area contributed by atoms with Gasteiger partial charge in [-0.2, -0.15) is 0 Å². The lowest BCUT2D eigenvalue weighted by Crippen LogP contribution is -2.44. The molecule has 0 spiro atoms. The molecule has 14 heavy (non-hydrogen) atoms. The van der Waals surface area contributed by atoms with E-state index in [4.69, 9.17) is 9.84 Å². The first-order chi connectivity index (χ1) is 6.52. The number of hydrogen-bond acceptors (Lipinski definition) is 3. The maximum absolute atomic E-state index is 11.4. The van der Waals surface area contributed by atoms with Gasteiger partial charge in [0.15, 0.2) is 0 Å². The van der Waals surface area contributed by atoms with Crippen LogP contribution in [0.2, 0.25) is 0 Å². The van der Waals surface area contributed by atoms with E-state index in [0.717, 1.165) is 0 Å². The second-order valence-electron chi connectivity index (χ2n) is 2.92. The molecule has 0 rings (SSSR count). The van der Waals surface area contributed by atoms with Crippen molar-refractivity contribution in [3.05, 3.63) is 0 Å². The summed E-state index contributed by atoms with van der Waals surface area (Å²) in [7, 11) is 0. The fraction of sp³-hybridized carbons (Fsp3) is 0.778. The van der Waals surface area contributed by atoms with E-state index in [9.17, 15) is 9.59 Å². The predicted molar refractivity (Wildman–Crippen MR) is 50.9 cm³/mol. The fourth-order valence-electron chi connectivity index (χ4n) is 0.948. The molecule has 0 radical (unpaired) electrons. The van der Waals surface area contributed by atoms with Crippen LogP contribution in [-0.2, 0) is 14.3 Å². The van der Waals surface area contributed by atoms with Gasteiger partial charge in [0.2, 0.25) is 5.91 Å². The minimum atomic E-state index is -1.05. The molecular formula is C9H17NO4. The molecule has 5 heteroatoms. The third-order valence-electron chi connectivity index (χ3n) is 1.76. The summed E-state index contributed by atoms with van der Waals surface area (Å²) in [5.41, 5.74) is 0. The van der Waals surface area contributed by atoms with Crippen LogP contribution >= 0.6 is 0 Å². The monoisotopic (exact) mass is 203 g/mol. The Morgan fingerprint density at radius 1 is 1.43 bits per heavy atom. The zero-order valence-corrected chi connectivity index (χ0v) is 8.74. The van der Waals surface area contributed by atoms with Gasteiger partial charge in [-0.15, -0.1) is 0 Å². The average Bonchev–Trinajstić information content (AvgIpc) is 2.13. The summed E-state index contributed by atoms with van der Waals surface area (Å²) >= 11 is 0. The van der Waals surface area contributed by atoms with Crippen molar-refractivity contribution in [1.29, 1.82) is 0 Å². The Morgan fingerprint density at radius 3 is 2.36 bits per heavy atom. The van der Waals surface area contributed by atoms with Gasteiger partial charge in [-0.3, -0.25) is 9.59 Å². The Bertz CT molecular complexity index is 205. The lowest BCUT2D eigenvalue weighted by molar-refractivity contribution is -0.143. The van der Waals surface area contributed by atoms with Gasteiger partial charge in [0, 0.05) is 6.61 Å². The van der Waals surface area contributed by atoms with Crippen molar-refractivity contribution in [2.24, 2.45) is 0 Å². The van der Waals surface area contributed by atoms with Crippen LogP contribution in [0.1, 0.15) is 27.2 Å². The molecule has 1 unspecified atom stereocenters. The van der Waals surface area contributed by atoms with E-state index in [0.29, 0.717) is 13.0 Å². The lowest BCUT2D eigenvalue weighted by atomic mass is 10.2. The van der Waals surface area contributed by atoms with Crippen LogP contribution in [0.15, 0.2) is 0 Å². The largest absolute Gasteiger partial charge is 0.480 e. The number of hydrogen-bond donors (Lipinski definition) is 2. The first-order valence-corrected chi connectivity index (χ1v) is 4.67. The molecule has 82 valence electrons. The number of ether oxygens (including phenoxy) is 1. The molecule has 0 aliphatic rings. The molecule has 0 fully saturated rings. The van der Waals surface area contributed by atoms with Crippen LogP contribution in [0.25, 0.3) is 0 Å². The molecule has 2 N–H and O–H groups in total. The standard InChI is InChI=1S/C9H17NO4/c1-4-7(14-5-2)8(11)10-6(3)9(12)13/h6-7H,4-5H2,1-3H3,(H,10,11)(H,12,13)/t6-,7?/m0/s1. The Hall–Kier alpha value is -1.10. The minimum absolute atomic E-state index is 0.371. The zero-order chi connectivity index (χ0) is 11.1. The van der Waals surface area contributed by atoms with E-state index in [-0.39, 0.29) is 5.91 Å². The maximum Gasteiger partial charge on any atom is 0.325 e. The highest BCUT2D eigenvalue weighted by Gasteiger charge is 2.20. The number of nitrogens with one attached hydrogen (secondary N) is 1. The quantitative estimate of drug-likeness (QED) is 0.654. The van der Waals surface area contributed by atoms with Crippen LogP contribution < -0.4 is 5.32 Å². The minimum Gasteiger partial charge on any atom is -0.480 e. The average molecular weight is 203 g/mol.